The van der Waals surface area contributed by atoms with E-state index in [0.29, 0.717) is 6.04 Å². The fraction of sp³-hybridized carbons (Fsp3) is 0.667. The lowest BCUT2D eigenvalue weighted by molar-refractivity contribution is 0.0340. The molecule has 0 saturated carbocycles. The number of anilines is 1. The Balaban J connectivity index is 2.13. The van der Waals surface area contributed by atoms with Gasteiger partial charge in [-0.15, -0.1) is 0 Å². The molecule has 1 N–H and O–H groups in total. The van der Waals surface area contributed by atoms with Gasteiger partial charge >= 0.3 is 0 Å². The first-order valence-corrected chi connectivity index (χ1v) is 7.73. The van der Waals surface area contributed by atoms with Crippen molar-refractivity contribution in [1.82, 2.24) is 10.3 Å². The molecule has 0 radical (unpaired) electrons. The molecule has 0 aromatic carbocycles. The second kappa shape index (κ2) is 7.25. The number of hydrogen-bond donors (Lipinski definition) is 1. The van der Waals surface area contributed by atoms with Crippen molar-refractivity contribution >= 4 is 17.4 Å². The van der Waals surface area contributed by atoms with E-state index in [-0.39, 0.29) is 6.10 Å². The molecule has 1 fully saturated rings. The van der Waals surface area contributed by atoms with Gasteiger partial charge in [-0.2, -0.15) is 0 Å². The molecule has 2 atom stereocenters. The predicted molar refractivity (Wildman–Crippen MR) is 83.5 cm³/mol. The number of rotatable bonds is 5. The predicted octanol–water partition coefficient (Wildman–Crippen LogP) is 2.85. The van der Waals surface area contributed by atoms with Crippen molar-refractivity contribution in [2.24, 2.45) is 0 Å². The molecule has 1 saturated heterocycles. The van der Waals surface area contributed by atoms with Gasteiger partial charge in [-0.3, -0.25) is 0 Å². The zero-order valence-corrected chi connectivity index (χ0v) is 13.3. The summed E-state index contributed by atoms with van der Waals surface area (Å²) in [4.78, 5) is 6.79. The van der Waals surface area contributed by atoms with Crippen LogP contribution in [0.15, 0.2) is 12.3 Å². The molecule has 1 aromatic heterocycles. The Hall–Kier alpha value is -0.840. The summed E-state index contributed by atoms with van der Waals surface area (Å²) in [5.41, 5.74) is 1.11. The van der Waals surface area contributed by atoms with Gasteiger partial charge in [-0.05, 0) is 38.4 Å². The lowest BCUT2D eigenvalue weighted by Gasteiger charge is -2.37. The number of ether oxygens (including phenoxy) is 1. The first kappa shape index (κ1) is 15.5. The van der Waals surface area contributed by atoms with Crippen LogP contribution in [0.5, 0.6) is 0 Å². The van der Waals surface area contributed by atoms with Crippen molar-refractivity contribution in [3.8, 4) is 0 Å². The molecule has 2 rings (SSSR count). The molecule has 20 heavy (non-hydrogen) atoms. The average Bonchev–Trinajstić information content (AvgIpc) is 2.44. The molecule has 0 aliphatic carbocycles. The average molecular weight is 298 g/mol. The number of aromatic nitrogens is 1. The van der Waals surface area contributed by atoms with Crippen LogP contribution < -0.4 is 10.2 Å². The molecule has 4 nitrogen and oxygen atoms in total. The van der Waals surface area contributed by atoms with Crippen molar-refractivity contribution in [1.29, 1.82) is 0 Å². The molecule has 112 valence electrons. The van der Waals surface area contributed by atoms with E-state index in [1.54, 1.807) is 6.20 Å². The third-order valence-corrected chi connectivity index (χ3v) is 3.90. The third kappa shape index (κ3) is 3.84. The zero-order valence-electron chi connectivity index (χ0n) is 12.5. The Morgan fingerprint density at radius 1 is 1.50 bits per heavy atom. The topological polar surface area (TPSA) is 37.4 Å². The monoisotopic (exact) mass is 297 g/mol. The maximum Gasteiger partial charge on any atom is 0.129 e. The van der Waals surface area contributed by atoms with Gasteiger partial charge < -0.3 is 15.0 Å². The first-order valence-electron chi connectivity index (χ1n) is 7.35. The summed E-state index contributed by atoms with van der Waals surface area (Å²) in [6, 6.07) is 2.44. The fourth-order valence-corrected chi connectivity index (χ4v) is 2.55. The lowest BCUT2D eigenvalue weighted by Crippen LogP contribution is -2.47. The van der Waals surface area contributed by atoms with Gasteiger partial charge in [0, 0.05) is 19.3 Å². The van der Waals surface area contributed by atoms with Crippen molar-refractivity contribution in [2.45, 2.75) is 45.9 Å². The van der Waals surface area contributed by atoms with Gasteiger partial charge in [0.15, 0.2) is 0 Å². The van der Waals surface area contributed by atoms with Crippen LogP contribution in [-0.4, -0.2) is 36.8 Å². The Labute approximate surface area is 126 Å². The number of nitrogens with zero attached hydrogens (tertiary/aromatic N) is 2. The summed E-state index contributed by atoms with van der Waals surface area (Å²) in [6.45, 7) is 9.82. The minimum absolute atomic E-state index is 0.241. The Morgan fingerprint density at radius 2 is 2.30 bits per heavy atom. The van der Waals surface area contributed by atoms with E-state index in [2.05, 4.69) is 42.0 Å². The zero-order chi connectivity index (χ0) is 14.5. The Kier molecular flexibility index (Phi) is 5.64. The van der Waals surface area contributed by atoms with E-state index >= 15 is 0 Å². The van der Waals surface area contributed by atoms with Crippen LogP contribution in [-0.2, 0) is 11.3 Å². The minimum Gasteiger partial charge on any atom is -0.375 e. The smallest absolute Gasteiger partial charge is 0.129 e. The summed E-state index contributed by atoms with van der Waals surface area (Å²) in [7, 11) is 0. The van der Waals surface area contributed by atoms with Crippen LogP contribution >= 0.6 is 11.6 Å². The fourth-order valence-electron chi connectivity index (χ4n) is 2.38. The van der Waals surface area contributed by atoms with E-state index in [9.17, 15) is 0 Å². The molecular formula is C15H24ClN3O. The number of halogens is 1. The highest BCUT2D eigenvalue weighted by molar-refractivity contribution is 6.31. The molecule has 2 heterocycles. The van der Waals surface area contributed by atoms with Gasteiger partial charge in [0.25, 0.3) is 0 Å². The van der Waals surface area contributed by atoms with Gasteiger partial charge in [0.05, 0.1) is 23.8 Å². The van der Waals surface area contributed by atoms with E-state index < -0.39 is 0 Å². The van der Waals surface area contributed by atoms with E-state index in [1.807, 2.05) is 0 Å². The normalized spacial score (nSPS) is 23.1. The second-order valence-electron chi connectivity index (χ2n) is 5.46. The maximum absolute atomic E-state index is 6.23. The van der Waals surface area contributed by atoms with Crippen LogP contribution in [0.3, 0.4) is 0 Å². The van der Waals surface area contributed by atoms with E-state index in [1.165, 1.54) is 0 Å². The largest absolute Gasteiger partial charge is 0.375 e. The molecule has 1 aliphatic rings. The lowest BCUT2D eigenvalue weighted by atomic mass is 10.2. The maximum atomic E-state index is 6.23. The molecule has 0 bridgehead atoms. The van der Waals surface area contributed by atoms with E-state index in [0.717, 1.165) is 49.1 Å². The molecule has 1 aliphatic heterocycles. The quantitative estimate of drug-likeness (QED) is 0.848. The summed E-state index contributed by atoms with van der Waals surface area (Å²) >= 11 is 6.23. The molecule has 2 unspecified atom stereocenters. The SMILES string of the molecule is CCCNCc1cc(N2CC(C)OCC2C)ncc1Cl. The van der Waals surface area contributed by atoms with Crippen LogP contribution in [0.25, 0.3) is 0 Å². The van der Waals surface area contributed by atoms with Crippen molar-refractivity contribution < 1.29 is 4.74 Å². The van der Waals surface area contributed by atoms with Crippen molar-refractivity contribution in [2.75, 3.05) is 24.6 Å². The molecule has 0 spiro atoms. The summed E-state index contributed by atoms with van der Waals surface area (Å²) < 4.78 is 5.67. The van der Waals surface area contributed by atoms with Crippen LogP contribution in [0.4, 0.5) is 5.82 Å². The second-order valence-corrected chi connectivity index (χ2v) is 5.86. The van der Waals surface area contributed by atoms with Crippen molar-refractivity contribution in [3.63, 3.8) is 0 Å². The van der Waals surface area contributed by atoms with Crippen molar-refractivity contribution in [3.05, 3.63) is 22.8 Å². The van der Waals surface area contributed by atoms with E-state index in [4.69, 9.17) is 16.3 Å². The summed E-state index contributed by atoms with van der Waals surface area (Å²) in [5, 5.41) is 4.11. The summed E-state index contributed by atoms with van der Waals surface area (Å²) in [6.07, 6.45) is 3.12. The number of morpholine rings is 1. The Bertz CT molecular complexity index is 441. The van der Waals surface area contributed by atoms with Gasteiger partial charge in [-0.1, -0.05) is 18.5 Å². The summed E-state index contributed by atoms with van der Waals surface area (Å²) in [5.74, 6) is 0.991. The van der Waals surface area contributed by atoms with Crippen LogP contribution in [0, 0.1) is 0 Å². The first-order chi connectivity index (χ1) is 9.61. The highest BCUT2D eigenvalue weighted by Crippen LogP contribution is 2.24. The Morgan fingerprint density at radius 3 is 3.05 bits per heavy atom. The van der Waals surface area contributed by atoms with Gasteiger partial charge in [0.2, 0.25) is 0 Å². The van der Waals surface area contributed by atoms with Gasteiger partial charge in [0.1, 0.15) is 5.82 Å². The molecule has 1 aromatic rings. The number of nitrogens with one attached hydrogen (secondary N) is 1. The molecular weight excluding hydrogens is 274 g/mol. The number of hydrogen-bond acceptors (Lipinski definition) is 4. The molecule has 0 amide bonds. The van der Waals surface area contributed by atoms with Crippen LogP contribution in [0.1, 0.15) is 32.8 Å². The highest BCUT2D eigenvalue weighted by atomic mass is 35.5. The van der Waals surface area contributed by atoms with Gasteiger partial charge in [-0.25, -0.2) is 4.98 Å². The minimum atomic E-state index is 0.241. The third-order valence-electron chi connectivity index (χ3n) is 3.56. The van der Waals surface area contributed by atoms with Crippen LogP contribution in [0.2, 0.25) is 5.02 Å². The highest BCUT2D eigenvalue weighted by Gasteiger charge is 2.24. The number of pyridine rings is 1. The molecule has 5 heteroatoms. The standard InChI is InChI=1S/C15H24ClN3O/c1-4-5-17-7-13-6-15(18-8-14(13)16)19-9-12(3)20-10-11(19)2/h6,8,11-12,17H,4-5,7,9-10H2,1-3H3.